The smallest absolute Gasteiger partial charge is 0.326 e. The van der Waals surface area contributed by atoms with Crippen LogP contribution in [-0.4, -0.2) is 27.6 Å². The van der Waals surface area contributed by atoms with Gasteiger partial charge in [0.05, 0.1) is 0 Å². The van der Waals surface area contributed by atoms with E-state index in [2.05, 4.69) is 21.2 Å². The SMILES string of the molecule is CCCCC(NC(=O)c1cc(Br)cn1CC)C(=O)O. The Bertz CT molecular complexity index is 457. The zero-order valence-corrected chi connectivity index (χ0v) is 12.7. The zero-order valence-electron chi connectivity index (χ0n) is 11.1. The summed E-state index contributed by atoms with van der Waals surface area (Å²) < 4.78 is 2.58. The summed E-state index contributed by atoms with van der Waals surface area (Å²) in [7, 11) is 0. The number of halogens is 1. The standard InChI is InChI=1S/C13H19BrN2O3/c1-3-5-6-10(13(18)19)15-12(17)11-7-9(14)8-16(11)4-2/h7-8,10H,3-6H2,1-2H3,(H,15,17)(H,18,19). The lowest BCUT2D eigenvalue weighted by atomic mass is 10.1. The van der Waals surface area contributed by atoms with Crippen LogP contribution in [0.3, 0.4) is 0 Å². The van der Waals surface area contributed by atoms with Gasteiger partial charge in [0.25, 0.3) is 5.91 Å². The highest BCUT2D eigenvalue weighted by Gasteiger charge is 2.21. The molecule has 0 aliphatic rings. The summed E-state index contributed by atoms with van der Waals surface area (Å²) in [6.07, 6.45) is 3.93. The van der Waals surface area contributed by atoms with E-state index in [9.17, 15) is 9.59 Å². The van der Waals surface area contributed by atoms with Gasteiger partial charge in [-0.3, -0.25) is 4.79 Å². The summed E-state index contributed by atoms with van der Waals surface area (Å²) in [4.78, 5) is 23.2. The van der Waals surface area contributed by atoms with E-state index in [0.29, 0.717) is 18.7 Å². The predicted octanol–water partition coefficient (Wildman–Crippen LogP) is 2.64. The van der Waals surface area contributed by atoms with E-state index in [1.807, 2.05) is 13.8 Å². The molecule has 1 heterocycles. The van der Waals surface area contributed by atoms with Crippen molar-refractivity contribution < 1.29 is 14.7 Å². The number of aromatic nitrogens is 1. The summed E-state index contributed by atoms with van der Waals surface area (Å²) in [5, 5.41) is 11.7. The number of amides is 1. The molecule has 6 heteroatoms. The van der Waals surface area contributed by atoms with Crippen LogP contribution in [0.15, 0.2) is 16.7 Å². The van der Waals surface area contributed by atoms with Gasteiger partial charge in [-0.05, 0) is 35.3 Å². The number of carbonyl (C=O) groups excluding carboxylic acids is 1. The maximum absolute atomic E-state index is 12.1. The van der Waals surface area contributed by atoms with Gasteiger partial charge < -0.3 is 15.0 Å². The first-order chi connectivity index (χ1) is 8.99. The topological polar surface area (TPSA) is 71.3 Å². The van der Waals surface area contributed by atoms with Crippen LogP contribution in [0.1, 0.15) is 43.6 Å². The summed E-state index contributed by atoms with van der Waals surface area (Å²) in [6.45, 7) is 4.57. The van der Waals surface area contributed by atoms with Crippen molar-refractivity contribution in [3.05, 3.63) is 22.4 Å². The summed E-state index contributed by atoms with van der Waals surface area (Å²) in [6, 6.07) is 0.865. The van der Waals surface area contributed by atoms with Crippen LogP contribution in [-0.2, 0) is 11.3 Å². The molecular formula is C13H19BrN2O3. The third-order valence-electron chi connectivity index (χ3n) is 2.89. The van der Waals surface area contributed by atoms with Crippen molar-refractivity contribution in [1.82, 2.24) is 9.88 Å². The number of hydrogen-bond donors (Lipinski definition) is 2. The maximum atomic E-state index is 12.1. The number of nitrogens with zero attached hydrogens (tertiary/aromatic N) is 1. The molecule has 1 amide bonds. The van der Waals surface area contributed by atoms with E-state index in [0.717, 1.165) is 17.3 Å². The Hall–Kier alpha value is -1.30. The number of nitrogens with one attached hydrogen (secondary N) is 1. The van der Waals surface area contributed by atoms with Gasteiger partial charge in [-0.1, -0.05) is 19.8 Å². The minimum absolute atomic E-state index is 0.351. The monoisotopic (exact) mass is 330 g/mol. The average Bonchev–Trinajstić information content (AvgIpc) is 2.75. The van der Waals surface area contributed by atoms with Crippen LogP contribution in [0.4, 0.5) is 0 Å². The number of aliphatic carboxylic acids is 1. The van der Waals surface area contributed by atoms with Crippen molar-refractivity contribution >= 4 is 27.8 Å². The Labute approximate surface area is 121 Å². The second-order valence-corrected chi connectivity index (χ2v) is 5.25. The molecule has 1 atom stereocenters. The molecule has 0 bridgehead atoms. The number of carboxylic acids is 1. The molecule has 0 aromatic carbocycles. The van der Waals surface area contributed by atoms with Gasteiger partial charge in [-0.25, -0.2) is 4.79 Å². The van der Waals surface area contributed by atoms with Crippen molar-refractivity contribution in [2.45, 2.75) is 45.7 Å². The van der Waals surface area contributed by atoms with Crippen molar-refractivity contribution in [2.24, 2.45) is 0 Å². The van der Waals surface area contributed by atoms with E-state index in [-0.39, 0.29) is 5.91 Å². The van der Waals surface area contributed by atoms with Gasteiger partial charge >= 0.3 is 5.97 Å². The van der Waals surface area contributed by atoms with Crippen LogP contribution in [0.25, 0.3) is 0 Å². The fourth-order valence-electron chi connectivity index (χ4n) is 1.82. The highest BCUT2D eigenvalue weighted by Crippen LogP contribution is 2.15. The highest BCUT2D eigenvalue weighted by atomic mass is 79.9. The first-order valence-corrected chi connectivity index (χ1v) is 7.18. The minimum atomic E-state index is -0.990. The molecule has 0 saturated heterocycles. The number of hydrogen-bond acceptors (Lipinski definition) is 2. The third kappa shape index (κ3) is 4.38. The van der Waals surface area contributed by atoms with E-state index >= 15 is 0 Å². The molecule has 1 aromatic rings. The van der Waals surface area contributed by atoms with Crippen molar-refractivity contribution in [3.8, 4) is 0 Å². The van der Waals surface area contributed by atoms with E-state index < -0.39 is 12.0 Å². The van der Waals surface area contributed by atoms with Gasteiger partial charge in [0.2, 0.25) is 0 Å². The molecule has 0 aliphatic heterocycles. The molecule has 19 heavy (non-hydrogen) atoms. The molecular weight excluding hydrogens is 312 g/mol. The van der Waals surface area contributed by atoms with E-state index in [1.54, 1.807) is 16.8 Å². The molecule has 5 nitrogen and oxygen atoms in total. The van der Waals surface area contributed by atoms with Crippen molar-refractivity contribution in [3.63, 3.8) is 0 Å². The lowest BCUT2D eigenvalue weighted by Crippen LogP contribution is -2.41. The van der Waals surface area contributed by atoms with Gasteiger partial charge in [-0.2, -0.15) is 0 Å². The first kappa shape index (κ1) is 15.8. The Morgan fingerprint density at radius 2 is 2.16 bits per heavy atom. The second kappa shape index (κ2) is 7.33. The van der Waals surface area contributed by atoms with Crippen LogP contribution < -0.4 is 5.32 Å². The summed E-state index contributed by atoms with van der Waals surface area (Å²) >= 11 is 3.31. The largest absolute Gasteiger partial charge is 0.480 e. The number of carbonyl (C=O) groups is 2. The Morgan fingerprint density at radius 3 is 2.68 bits per heavy atom. The Balaban J connectivity index is 2.78. The van der Waals surface area contributed by atoms with Gasteiger partial charge in [0, 0.05) is 17.2 Å². The van der Waals surface area contributed by atoms with Crippen LogP contribution in [0, 0.1) is 0 Å². The number of rotatable bonds is 7. The number of unbranched alkanes of at least 4 members (excludes halogenated alkanes) is 1. The van der Waals surface area contributed by atoms with E-state index in [4.69, 9.17) is 5.11 Å². The average molecular weight is 331 g/mol. The fourth-order valence-corrected chi connectivity index (χ4v) is 2.29. The Kier molecular flexibility index (Phi) is 6.08. The fraction of sp³-hybridized carbons (Fsp3) is 0.538. The lowest BCUT2D eigenvalue weighted by Gasteiger charge is -2.14. The zero-order chi connectivity index (χ0) is 14.4. The molecule has 0 fully saturated rings. The van der Waals surface area contributed by atoms with Crippen LogP contribution in [0.2, 0.25) is 0 Å². The molecule has 1 rings (SSSR count). The Morgan fingerprint density at radius 1 is 1.47 bits per heavy atom. The summed E-state index contributed by atoms with van der Waals surface area (Å²) in [5.41, 5.74) is 0.470. The molecule has 1 unspecified atom stereocenters. The van der Waals surface area contributed by atoms with Gasteiger partial charge in [0.15, 0.2) is 0 Å². The van der Waals surface area contributed by atoms with Crippen LogP contribution >= 0.6 is 15.9 Å². The third-order valence-corrected chi connectivity index (χ3v) is 3.32. The molecule has 0 spiro atoms. The molecule has 0 radical (unpaired) electrons. The molecule has 2 N–H and O–H groups in total. The van der Waals surface area contributed by atoms with Gasteiger partial charge in [0.1, 0.15) is 11.7 Å². The number of aryl methyl sites for hydroxylation is 1. The van der Waals surface area contributed by atoms with E-state index in [1.165, 1.54) is 0 Å². The highest BCUT2D eigenvalue weighted by molar-refractivity contribution is 9.10. The second-order valence-electron chi connectivity index (χ2n) is 4.34. The first-order valence-electron chi connectivity index (χ1n) is 6.38. The molecule has 1 aromatic heterocycles. The minimum Gasteiger partial charge on any atom is -0.480 e. The quantitative estimate of drug-likeness (QED) is 0.807. The summed E-state index contributed by atoms with van der Waals surface area (Å²) in [5.74, 6) is -1.34. The molecule has 0 aliphatic carbocycles. The maximum Gasteiger partial charge on any atom is 0.326 e. The predicted molar refractivity (Wildman–Crippen MR) is 76.2 cm³/mol. The molecule has 0 saturated carbocycles. The van der Waals surface area contributed by atoms with Crippen molar-refractivity contribution in [1.29, 1.82) is 0 Å². The van der Waals surface area contributed by atoms with Gasteiger partial charge in [-0.15, -0.1) is 0 Å². The number of carboxylic acid groups (broad SMARTS) is 1. The normalized spacial score (nSPS) is 12.2. The van der Waals surface area contributed by atoms with Crippen LogP contribution in [0.5, 0.6) is 0 Å². The molecule has 106 valence electrons. The lowest BCUT2D eigenvalue weighted by molar-refractivity contribution is -0.139. The van der Waals surface area contributed by atoms with Crippen molar-refractivity contribution in [2.75, 3.05) is 0 Å².